The Morgan fingerprint density at radius 2 is 2.00 bits per heavy atom. The molecule has 2 saturated heterocycles. The number of carbonyl (C=O) groups excluding carboxylic acids is 1. The van der Waals surface area contributed by atoms with Gasteiger partial charge in [0.05, 0.1) is 13.2 Å². The number of hydrogen-bond acceptors (Lipinski definition) is 5. The maximum atomic E-state index is 12.5. The molecule has 1 unspecified atom stereocenters. The van der Waals surface area contributed by atoms with Crippen LogP contribution in [0.25, 0.3) is 0 Å². The summed E-state index contributed by atoms with van der Waals surface area (Å²) in [5, 5.41) is 0. The first kappa shape index (κ1) is 15.4. The molecule has 2 fully saturated rings. The molecule has 0 aliphatic carbocycles. The monoisotopic (exact) mass is 304 g/mol. The number of ether oxygens (including phenoxy) is 1. The summed E-state index contributed by atoms with van der Waals surface area (Å²) in [5.41, 5.74) is 1.03. The van der Waals surface area contributed by atoms with Gasteiger partial charge < -0.3 is 9.64 Å². The molecule has 2 aliphatic rings. The van der Waals surface area contributed by atoms with Crippen LogP contribution < -0.4 is 0 Å². The zero-order valence-corrected chi connectivity index (χ0v) is 13.0. The Morgan fingerprint density at radius 3 is 2.77 bits per heavy atom. The molecule has 0 spiro atoms. The normalized spacial score (nSPS) is 22.9. The van der Waals surface area contributed by atoms with Crippen LogP contribution in [-0.2, 0) is 16.0 Å². The molecular formula is C16H24N4O2. The average Bonchev–Trinajstić information content (AvgIpc) is 3.03. The van der Waals surface area contributed by atoms with E-state index in [1.807, 2.05) is 0 Å². The van der Waals surface area contributed by atoms with Gasteiger partial charge in [0.1, 0.15) is 6.33 Å². The number of hydrogen-bond donors (Lipinski definition) is 0. The smallest absolute Gasteiger partial charge is 0.223 e. The molecule has 0 bridgehead atoms. The van der Waals surface area contributed by atoms with Crippen molar-refractivity contribution in [1.82, 2.24) is 19.8 Å². The minimum atomic E-state index is 0.264. The van der Waals surface area contributed by atoms with Crippen molar-refractivity contribution < 1.29 is 9.53 Å². The van der Waals surface area contributed by atoms with E-state index in [1.54, 1.807) is 12.4 Å². The van der Waals surface area contributed by atoms with Crippen molar-refractivity contribution in [3.8, 4) is 0 Å². The summed E-state index contributed by atoms with van der Waals surface area (Å²) >= 11 is 0. The van der Waals surface area contributed by atoms with E-state index < -0.39 is 0 Å². The SMILES string of the molecule is O=C(CCc1cncnc1)N1CCCC1CN1CCOCC1. The molecule has 0 saturated carbocycles. The van der Waals surface area contributed by atoms with Crippen LogP contribution in [0.1, 0.15) is 24.8 Å². The lowest BCUT2D eigenvalue weighted by molar-refractivity contribution is -0.132. The van der Waals surface area contributed by atoms with E-state index in [0.29, 0.717) is 12.5 Å². The Morgan fingerprint density at radius 1 is 1.23 bits per heavy atom. The molecule has 1 aromatic heterocycles. The van der Waals surface area contributed by atoms with Gasteiger partial charge in [-0.05, 0) is 24.8 Å². The Hall–Kier alpha value is -1.53. The average molecular weight is 304 g/mol. The van der Waals surface area contributed by atoms with Crippen molar-refractivity contribution in [2.24, 2.45) is 0 Å². The Bertz CT molecular complexity index is 476. The number of rotatable bonds is 5. The predicted molar refractivity (Wildman–Crippen MR) is 82.3 cm³/mol. The third-order valence-electron chi connectivity index (χ3n) is 4.51. The number of carbonyl (C=O) groups is 1. The van der Waals surface area contributed by atoms with Crippen LogP contribution in [0.2, 0.25) is 0 Å². The van der Waals surface area contributed by atoms with E-state index in [1.165, 1.54) is 6.33 Å². The van der Waals surface area contributed by atoms with Crippen LogP contribution >= 0.6 is 0 Å². The Labute approximate surface area is 131 Å². The molecule has 1 aromatic rings. The third-order valence-corrected chi connectivity index (χ3v) is 4.51. The fourth-order valence-corrected chi connectivity index (χ4v) is 3.29. The molecule has 120 valence electrons. The number of nitrogens with zero attached hydrogens (tertiary/aromatic N) is 4. The number of amides is 1. The lowest BCUT2D eigenvalue weighted by Crippen LogP contribution is -2.46. The molecule has 3 heterocycles. The van der Waals surface area contributed by atoms with Crippen LogP contribution in [0.5, 0.6) is 0 Å². The first-order valence-electron chi connectivity index (χ1n) is 8.16. The van der Waals surface area contributed by atoms with Crippen LogP contribution in [-0.4, -0.2) is 71.1 Å². The lowest BCUT2D eigenvalue weighted by Gasteiger charge is -2.33. The second kappa shape index (κ2) is 7.65. The van der Waals surface area contributed by atoms with E-state index in [4.69, 9.17) is 4.74 Å². The molecule has 6 nitrogen and oxygen atoms in total. The van der Waals surface area contributed by atoms with Crippen molar-refractivity contribution in [3.63, 3.8) is 0 Å². The van der Waals surface area contributed by atoms with Crippen molar-refractivity contribution in [2.45, 2.75) is 31.7 Å². The van der Waals surface area contributed by atoms with Crippen molar-refractivity contribution in [3.05, 3.63) is 24.3 Å². The number of aryl methyl sites for hydroxylation is 1. The van der Waals surface area contributed by atoms with E-state index in [-0.39, 0.29) is 5.91 Å². The fraction of sp³-hybridized carbons (Fsp3) is 0.688. The minimum Gasteiger partial charge on any atom is -0.379 e. The molecule has 2 aliphatic heterocycles. The molecule has 0 N–H and O–H groups in total. The molecule has 0 aromatic carbocycles. The van der Waals surface area contributed by atoms with Gasteiger partial charge in [0.25, 0.3) is 0 Å². The van der Waals surface area contributed by atoms with Crippen LogP contribution in [0, 0.1) is 0 Å². The molecule has 3 rings (SSSR count). The topological polar surface area (TPSA) is 58.6 Å². The fourth-order valence-electron chi connectivity index (χ4n) is 3.29. The number of aromatic nitrogens is 2. The lowest BCUT2D eigenvalue weighted by atomic mass is 10.1. The van der Waals surface area contributed by atoms with Gasteiger partial charge in [-0.15, -0.1) is 0 Å². The van der Waals surface area contributed by atoms with Crippen LogP contribution in [0.15, 0.2) is 18.7 Å². The quantitative estimate of drug-likeness (QED) is 0.803. The van der Waals surface area contributed by atoms with Gasteiger partial charge in [-0.3, -0.25) is 9.69 Å². The van der Waals surface area contributed by atoms with Crippen LogP contribution in [0.3, 0.4) is 0 Å². The van der Waals surface area contributed by atoms with E-state index in [0.717, 1.165) is 64.2 Å². The highest BCUT2D eigenvalue weighted by molar-refractivity contribution is 5.77. The molecule has 6 heteroatoms. The molecular weight excluding hydrogens is 280 g/mol. The van der Waals surface area contributed by atoms with Crippen molar-refractivity contribution in [1.29, 1.82) is 0 Å². The minimum absolute atomic E-state index is 0.264. The second-order valence-electron chi connectivity index (χ2n) is 6.04. The van der Waals surface area contributed by atoms with E-state index in [2.05, 4.69) is 19.8 Å². The van der Waals surface area contributed by atoms with Crippen molar-refractivity contribution in [2.75, 3.05) is 39.4 Å². The summed E-state index contributed by atoms with van der Waals surface area (Å²) in [4.78, 5) is 25.0. The Kier molecular flexibility index (Phi) is 5.34. The largest absolute Gasteiger partial charge is 0.379 e. The van der Waals surface area contributed by atoms with Gasteiger partial charge in [0.15, 0.2) is 0 Å². The number of morpholine rings is 1. The van der Waals surface area contributed by atoms with Gasteiger partial charge >= 0.3 is 0 Å². The first-order chi connectivity index (χ1) is 10.8. The summed E-state index contributed by atoms with van der Waals surface area (Å²) in [6.07, 6.45) is 8.61. The zero-order chi connectivity index (χ0) is 15.2. The maximum absolute atomic E-state index is 12.5. The van der Waals surface area contributed by atoms with Gasteiger partial charge in [-0.25, -0.2) is 9.97 Å². The molecule has 0 radical (unpaired) electrons. The Balaban J connectivity index is 1.49. The van der Waals surface area contributed by atoms with Gasteiger partial charge in [-0.2, -0.15) is 0 Å². The highest BCUT2D eigenvalue weighted by atomic mass is 16.5. The summed E-state index contributed by atoms with van der Waals surface area (Å²) in [6.45, 7) is 5.49. The third kappa shape index (κ3) is 4.01. The van der Waals surface area contributed by atoms with Crippen molar-refractivity contribution >= 4 is 5.91 Å². The van der Waals surface area contributed by atoms with Gasteiger partial charge in [0, 0.05) is 51.0 Å². The highest BCUT2D eigenvalue weighted by Gasteiger charge is 2.30. The van der Waals surface area contributed by atoms with Gasteiger partial charge in [0.2, 0.25) is 5.91 Å². The summed E-state index contributed by atoms with van der Waals surface area (Å²) in [7, 11) is 0. The first-order valence-corrected chi connectivity index (χ1v) is 8.16. The van der Waals surface area contributed by atoms with E-state index in [9.17, 15) is 4.79 Å². The summed E-state index contributed by atoms with van der Waals surface area (Å²) < 4.78 is 5.39. The molecule has 22 heavy (non-hydrogen) atoms. The maximum Gasteiger partial charge on any atom is 0.223 e. The second-order valence-corrected chi connectivity index (χ2v) is 6.04. The summed E-state index contributed by atoms with van der Waals surface area (Å²) in [6, 6.07) is 0.373. The summed E-state index contributed by atoms with van der Waals surface area (Å²) in [5.74, 6) is 0.264. The standard InChI is InChI=1S/C16H24N4O2/c21-16(4-3-14-10-17-13-18-11-14)20-5-1-2-15(20)12-19-6-8-22-9-7-19/h10-11,13,15H,1-9,12H2. The highest BCUT2D eigenvalue weighted by Crippen LogP contribution is 2.20. The predicted octanol–water partition coefficient (Wildman–Crippen LogP) is 0.732. The number of likely N-dealkylation sites (tertiary alicyclic amines) is 1. The molecule has 1 amide bonds. The molecule has 1 atom stereocenters. The van der Waals surface area contributed by atoms with Crippen LogP contribution in [0.4, 0.5) is 0 Å². The van der Waals surface area contributed by atoms with Gasteiger partial charge in [-0.1, -0.05) is 0 Å². The zero-order valence-electron chi connectivity index (χ0n) is 13.0. The van der Waals surface area contributed by atoms with E-state index >= 15 is 0 Å².